The summed E-state index contributed by atoms with van der Waals surface area (Å²) in [6.07, 6.45) is 0.619. The van der Waals surface area contributed by atoms with Crippen molar-refractivity contribution in [3.63, 3.8) is 0 Å². The Morgan fingerprint density at radius 2 is 1.80 bits per heavy atom. The van der Waals surface area contributed by atoms with Gasteiger partial charge in [0, 0.05) is 45.2 Å². The molecule has 6 heteroatoms. The van der Waals surface area contributed by atoms with Crippen LogP contribution in [-0.2, 0) is 4.79 Å². The van der Waals surface area contributed by atoms with Crippen molar-refractivity contribution in [2.75, 3.05) is 39.3 Å². The van der Waals surface area contributed by atoms with Crippen LogP contribution in [0.5, 0.6) is 0 Å². The van der Waals surface area contributed by atoms with Crippen molar-refractivity contribution >= 4 is 12.0 Å². The Kier molecular flexibility index (Phi) is 6.78. The average Bonchev–Trinajstić information content (AvgIpc) is 2.42. The van der Waals surface area contributed by atoms with Crippen molar-refractivity contribution in [1.29, 1.82) is 0 Å². The van der Waals surface area contributed by atoms with E-state index in [0.717, 1.165) is 32.7 Å². The molecule has 2 amide bonds. The van der Waals surface area contributed by atoms with Crippen LogP contribution in [0, 0.1) is 0 Å². The quantitative estimate of drug-likeness (QED) is 0.799. The topological polar surface area (TPSA) is 64.1 Å². The van der Waals surface area contributed by atoms with Crippen LogP contribution in [0.4, 0.5) is 4.79 Å². The Balaban J connectivity index is 2.49. The zero-order chi connectivity index (χ0) is 15.1. The van der Waals surface area contributed by atoms with Crippen molar-refractivity contribution in [2.24, 2.45) is 0 Å². The van der Waals surface area contributed by atoms with Crippen LogP contribution < -0.4 is 0 Å². The summed E-state index contributed by atoms with van der Waals surface area (Å²) in [7, 11) is 0. The minimum absolute atomic E-state index is 0.0427. The molecule has 0 aliphatic carbocycles. The molecule has 0 aromatic carbocycles. The third kappa shape index (κ3) is 5.00. The number of carboxylic acid groups (broad SMARTS) is 1. The molecule has 0 aromatic rings. The van der Waals surface area contributed by atoms with Gasteiger partial charge in [0.1, 0.15) is 0 Å². The minimum Gasteiger partial charge on any atom is -0.481 e. The predicted octanol–water partition coefficient (Wildman–Crippen LogP) is 1.32. The first-order valence-corrected chi connectivity index (χ1v) is 7.45. The molecule has 0 aromatic heterocycles. The summed E-state index contributed by atoms with van der Waals surface area (Å²) in [6, 6.07) is 0.140. The smallest absolute Gasteiger partial charge is 0.320 e. The number of carboxylic acids is 1. The van der Waals surface area contributed by atoms with Gasteiger partial charge in [-0.15, -0.1) is 0 Å². The molecular weight excluding hydrogens is 258 g/mol. The van der Waals surface area contributed by atoms with Crippen molar-refractivity contribution < 1.29 is 14.7 Å². The number of carbonyl (C=O) groups excluding carboxylic acids is 1. The highest BCUT2D eigenvalue weighted by atomic mass is 16.4. The van der Waals surface area contributed by atoms with E-state index in [0.29, 0.717) is 13.0 Å². The number of hydrogen-bond donors (Lipinski definition) is 1. The summed E-state index contributed by atoms with van der Waals surface area (Å²) < 4.78 is 0. The molecule has 1 aliphatic heterocycles. The molecule has 1 heterocycles. The van der Waals surface area contributed by atoms with Crippen molar-refractivity contribution in [2.45, 2.75) is 39.7 Å². The van der Waals surface area contributed by atoms with Gasteiger partial charge in [-0.05, 0) is 26.8 Å². The van der Waals surface area contributed by atoms with Gasteiger partial charge in [0.15, 0.2) is 0 Å². The van der Waals surface area contributed by atoms with Crippen LogP contribution >= 0.6 is 0 Å². The van der Waals surface area contributed by atoms with Crippen LogP contribution in [0.25, 0.3) is 0 Å². The number of hydrogen-bond acceptors (Lipinski definition) is 3. The lowest BCUT2D eigenvalue weighted by Crippen LogP contribution is -2.54. The molecule has 1 aliphatic rings. The lowest BCUT2D eigenvalue weighted by Gasteiger charge is -2.38. The fraction of sp³-hybridized carbons (Fsp3) is 0.857. The number of rotatable bonds is 6. The molecule has 1 rings (SSSR count). The monoisotopic (exact) mass is 285 g/mol. The Bertz CT molecular complexity index is 326. The highest BCUT2D eigenvalue weighted by Crippen LogP contribution is 2.10. The Morgan fingerprint density at radius 1 is 1.20 bits per heavy atom. The Labute approximate surface area is 121 Å². The van der Waals surface area contributed by atoms with Gasteiger partial charge in [0.25, 0.3) is 0 Å². The van der Waals surface area contributed by atoms with E-state index in [1.54, 1.807) is 4.90 Å². The summed E-state index contributed by atoms with van der Waals surface area (Å²) in [5.74, 6) is -0.808. The summed E-state index contributed by atoms with van der Waals surface area (Å²) in [5, 5.41) is 8.69. The van der Waals surface area contributed by atoms with E-state index >= 15 is 0 Å². The molecule has 0 spiro atoms. The zero-order valence-corrected chi connectivity index (χ0v) is 12.8. The fourth-order valence-corrected chi connectivity index (χ4v) is 2.41. The van der Waals surface area contributed by atoms with E-state index in [-0.39, 0.29) is 18.5 Å². The fourth-order valence-electron chi connectivity index (χ4n) is 2.41. The highest BCUT2D eigenvalue weighted by Gasteiger charge is 2.26. The number of amides is 2. The van der Waals surface area contributed by atoms with Gasteiger partial charge in [0.05, 0.1) is 0 Å². The van der Waals surface area contributed by atoms with E-state index in [1.165, 1.54) is 0 Å². The second kappa shape index (κ2) is 8.09. The molecule has 0 radical (unpaired) electrons. The molecule has 0 bridgehead atoms. The Morgan fingerprint density at radius 3 is 2.25 bits per heavy atom. The third-order valence-corrected chi connectivity index (χ3v) is 3.75. The van der Waals surface area contributed by atoms with Gasteiger partial charge < -0.3 is 19.8 Å². The van der Waals surface area contributed by atoms with Crippen molar-refractivity contribution in [3.05, 3.63) is 0 Å². The number of nitrogens with zero attached hydrogens (tertiary/aromatic N) is 3. The summed E-state index contributed by atoms with van der Waals surface area (Å²) in [6.45, 7) is 11.0. The van der Waals surface area contributed by atoms with Crippen molar-refractivity contribution in [3.8, 4) is 0 Å². The number of likely N-dealkylation sites (N-methyl/N-ethyl adjacent to an activating group) is 1. The lowest BCUT2D eigenvalue weighted by molar-refractivity contribution is -0.137. The summed E-state index contributed by atoms with van der Waals surface area (Å²) >= 11 is 0. The maximum absolute atomic E-state index is 12.5. The van der Waals surface area contributed by atoms with E-state index in [4.69, 9.17) is 5.11 Å². The van der Waals surface area contributed by atoms with Crippen LogP contribution in [0.3, 0.4) is 0 Å². The Hall–Kier alpha value is -1.30. The number of carbonyl (C=O) groups is 2. The van der Waals surface area contributed by atoms with Gasteiger partial charge in [-0.1, -0.05) is 6.92 Å². The predicted molar refractivity (Wildman–Crippen MR) is 77.8 cm³/mol. The number of piperazine rings is 1. The molecular formula is C14H27N3O3. The lowest BCUT2D eigenvalue weighted by atomic mass is 10.2. The van der Waals surface area contributed by atoms with Gasteiger partial charge in [0.2, 0.25) is 0 Å². The normalized spacial score (nSPS) is 16.5. The molecule has 0 atom stereocenters. The highest BCUT2D eigenvalue weighted by molar-refractivity contribution is 5.75. The average molecular weight is 285 g/mol. The van der Waals surface area contributed by atoms with E-state index in [9.17, 15) is 9.59 Å². The van der Waals surface area contributed by atoms with Gasteiger partial charge >= 0.3 is 12.0 Å². The molecule has 20 heavy (non-hydrogen) atoms. The SMILES string of the molecule is CCN1CCN(C(=O)N(CCCC(=O)O)C(C)C)CC1. The minimum atomic E-state index is -0.808. The summed E-state index contributed by atoms with van der Waals surface area (Å²) in [4.78, 5) is 29.1. The first kappa shape index (κ1) is 16.8. The largest absolute Gasteiger partial charge is 0.481 e. The third-order valence-electron chi connectivity index (χ3n) is 3.75. The molecule has 116 valence electrons. The van der Waals surface area contributed by atoms with Crippen LogP contribution in [-0.4, -0.2) is 77.1 Å². The zero-order valence-electron chi connectivity index (χ0n) is 12.8. The molecule has 1 saturated heterocycles. The molecule has 0 saturated carbocycles. The maximum Gasteiger partial charge on any atom is 0.320 e. The van der Waals surface area contributed by atoms with Gasteiger partial charge in [-0.2, -0.15) is 0 Å². The molecule has 0 unspecified atom stereocenters. The maximum atomic E-state index is 12.5. The second-order valence-corrected chi connectivity index (χ2v) is 5.49. The number of urea groups is 1. The molecule has 1 N–H and O–H groups in total. The van der Waals surface area contributed by atoms with Gasteiger partial charge in [-0.3, -0.25) is 4.79 Å². The van der Waals surface area contributed by atoms with E-state index in [2.05, 4.69) is 11.8 Å². The molecule has 6 nitrogen and oxygen atoms in total. The van der Waals surface area contributed by atoms with E-state index in [1.807, 2.05) is 18.7 Å². The van der Waals surface area contributed by atoms with Crippen molar-refractivity contribution in [1.82, 2.24) is 14.7 Å². The number of aliphatic carboxylic acids is 1. The summed E-state index contributed by atoms with van der Waals surface area (Å²) in [5.41, 5.74) is 0. The van der Waals surface area contributed by atoms with Gasteiger partial charge in [-0.25, -0.2) is 4.79 Å². The first-order valence-electron chi connectivity index (χ1n) is 7.45. The second-order valence-electron chi connectivity index (χ2n) is 5.49. The molecule has 1 fully saturated rings. The van der Waals surface area contributed by atoms with E-state index < -0.39 is 5.97 Å². The van der Waals surface area contributed by atoms with Crippen LogP contribution in [0.2, 0.25) is 0 Å². The standard InChI is InChI=1S/C14H27N3O3/c1-4-15-8-10-16(11-9-15)14(20)17(12(2)3)7-5-6-13(18)19/h12H,4-11H2,1-3H3,(H,18,19). The van der Waals surface area contributed by atoms with Crippen LogP contribution in [0.15, 0.2) is 0 Å². The van der Waals surface area contributed by atoms with Crippen LogP contribution in [0.1, 0.15) is 33.6 Å². The first-order chi connectivity index (χ1) is 9.45.